The highest BCUT2D eigenvalue weighted by Crippen LogP contribution is 2.45. The van der Waals surface area contributed by atoms with Crippen molar-refractivity contribution < 1.29 is 19.4 Å². The summed E-state index contributed by atoms with van der Waals surface area (Å²) < 4.78 is 5.15. The Morgan fingerprint density at radius 1 is 1.50 bits per heavy atom. The van der Waals surface area contributed by atoms with Crippen molar-refractivity contribution >= 4 is 29.3 Å². The van der Waals surface area contributed by atoms with Gasteiger partial charge in [0.05, 0.1) is 17.9 Å². The Kier molecular flexibility index (Phi) is 5.86. The predicted molar refractivity (Wildman–Crippen MR) is 111 cm³/mol. The fraction of sp³-hybridized carbons (Fsp3) is 0.429. The van der Waals surface area contributed by atoms with Crippen molar-refractivity contribution in [2.24, 2.45) is 5.41 Å². The molecule has 0 aromatic heterocycles. The van der Waals surface area contributed by atoms with Crippen LogP contribution in [0.4, 0.5) is 0 Å². The van der Waals surface area contributed by atoms with Gasteiger partial charge in [-0.25, -0.2) is 4.79 Å². The van der Waals surface area contributed by atoms with Crippen LogP contribution in [-0.4, -0.2) is 53.4 Å². The molecule has 1 amide bonds. The number of ether oxygens (including phenoxy) is 1. The normalized spacial score (nSPS) is 20.3. The quantitative estimate of drug-likeness (QED) is 0.539. The van der Waals surface area contributed by atoms with E-state index in [0.717, 1.165) is 28.1 Å². The zero-order chi connectivity index (χ0) is 20.5. The third-order valence-corrected chi connectivity index (χ3v) is 6.19. The number of fused-ring (bicyclic) bond motifs is 2. The number of carboxylic acids is 1. The first-order valence-electron chi connectivity index (χ1n) is 9.20. The lowest BCUT2D eigenvalue weighted by atomic mass is 9.70. The summed E-state index contributed by atoms with van der Waals surface area (Å²) >= 11 is 1.61. The molecule has 28 heavy (non-hydrogen) atoms. The molecule has 1 atom stereocenters. The van der Waals surface area contributed by atoms with Crippen LogP contribution in [0, 0.1) is 5.41 Å². The van der Waals surface area contributed by atoms with E-state index < -0.39 is 11.4 Å². The van der Waals surface area contributed by atoms with E-state index >= 15 is 0 Å². The number of nitrogens with one attached hydrogen (secondary N) is 1. The van der Waals surface area contributed by atoms with Crippen molar-refractivity contribution in [2.45, 2.75) is 25.8 Å². The van der Waals surface area contributed by atoms with E-state index in [4.69, 9.17) is 4.74 Å². The van der Waals surface area contributed by atoms with Gasteiger partial charge in [0.2, 0.25) is 0 Å². The largest absolute Gasteiger partial charge is 0.478 e. The minimum atomic E-state index is -0.946. The first-order valence-corrected chi connectivity index (χ1v) is 10.3. The van der Waals surface area contributed by atoms with Crippen LogP contribution >= 0.6 is 11.8 Å². The Morgan fingerprint density at radius 2 is 2.25 bits per heavy atom. The molecule has 1 aliphatic carbocycles. The van der Waals surface area contributed by atoms with Gasteiger partial charge >= 0.3 is 5.97 Å². The molecule has 2 N–H and O–H groups in total. The number of carboxylic acid groups (broad SMARTS) is 1. The van der Waals surface area contributed by atoms with Gasteiger partial charge in [0, 0.05) is 36.0 Å². The number of carbonyl (C=O) groups is 2. The summed E-state index contributed by atoms with van der Waals surface area (Å²) in [7, 11) is 1.65. The Labute approximate surface area is 169 Å². The first kappa shape index (κ1) is 20.5. The third kappa shape index (κ3) is 3.69. The summed E-state index contributed by atoms with van der Waals surface area (Å²) in [6, 6.07) is 5.13. The Morgan fingerprint density at radius 3 is 2.89 bits per heavy atom. The maximum absolute atomic E-state index is 13.4. The maximum atomic E-state index is 13.4. The summed E-state index contributed by atoms with van der Waals surface area (Å²) in [5, 5.41) is 12.9. The monoisotopic (exact) mass is 402 g/mol. The molecule has 0 bridgehead atoms. The summed E-state index contributed by atoms with van der Waals surface area (Å²) in [5.74, 6) is -0.203. The van der Waals surface area contributed by atoms with Crippen LogP contribution in [-0.2, 0) is 16.0 Å². The summed E-state index contributed by atoms with van der Waals surface area (Å²) in [6.07, 6.45) is 2.34. The highest BCUT2D eigenvalue weighted by atomic mass is 32.2. The second kappa shape index (κ2) is 8.01. The van der Waals surface area contributed by atoms with Gasteiger partial charge in [0.25, 0.3) is 5.91 Å². The predicted octanol–water partition coefficient (Wildman–Crippen LogP) is 2.96. The molecule has 6 nitrogen and oxygen atoms in total. The van der Waals surface area contributed by atoms with Crippen LogP contribution in [0.3, 0.4) is 0 Å². The van der Waals surface area contributed by atoms with Gasteiger partial charge in [0.1, 0.15) is 0 Å². The van der Waals surface area contributed by atoms with Crippen molar-refractivity contribution in [3.63, 3.8) is 0 Å². The third-order valence-electron chi connectivity index (χ3n) is 5.10. The molecular weight excluding hydrogens is 376 g/mol. The van der Waals surface area contributed by atoms with E-state index in [1.54, 1.807) is 42.0 Å². The van der Waals surface area contributed by atoms with E-state index in [9.17, 15) is 14.7 Å². The lowest BCUT2D eigenvalue weighted by Crippen LogP contribution is -2.54. The average Bonchev–Trinajstić information content (AvgIpc) is 2.63. The smallest absolute Gasteiger partial charge is 0.335 e. The SMILES string of the molecule is C=CCN1C(=O)C2=C(NC1SCCOC)c1ccc(C(=O)O)cc1CC2(C)C. The molecule has 0 saturated carbocycles. The second-order valence-corrected chi connectivity index (χ2v) is 8.78. The fourth-order valence-corrected chi connectivity index (χ4v) is 4.89. The summed E-state index contributed by atoms with van der Waals surface area (Å²) in [6.45, 7) is 8.90. The number of hydrogen-bond acceptors (Lipinski definition) is 5. The van der Waals surface area contributed by atoms with Crippen LogP contribution in [0.5, 0.6) is 0 Å². The lowest BCUT2D eigenvalue weighted by molar-refractivity contribution is -0.129. The Balaban J connectivity index is 2.07. The van der Waals surface area contributed by atoms with Gasteiger partial charge in [-0.1, -0.05) is 26.0 Å². The highest BCUT2D eigenvalue weighted by Gasteiger charge is 2.44. The number of hydrogen-bond donors (Lipinski definition) is 2. The van der Waals surface area contributed by atoms with Crippen molar-refractivity contribution in [3.05, 3.63) is 53.1 Å². The molecule has 1 aliphatic heterocycles. The topological polar surface area (TPSA) is 78.9 Å². The minimum absolute atomic E-state index is 0.00141. The number of rotatable bonds is 7. The molecule has 0 radical (unpaired) electrons. The maximum Gasteiger partial charge on any atom is 0.335 e. The number of benzene rings is 1. The van der Waals surface area contributed by atoms with E-state index in [-0.39, 0.29) is 17.0 Å². The molecule has 1 aromatic carbocycles. The molecule has 0 fully saturated rings. The van der Waals surface area contributed by atoms with Crippen LogP contribution in [0.25, 0.3) is 5.70 Å². The molecule has 1 heterocycles. The molecule has 0 spiro atoms. The molecular formula is C21H26N2O4S. The van der Waals surface area contributed by atoms with Gasteiger partial charge in [0.15, 0.2) is 5.50 Å². The zero-order valence-electron chi connectivity index (χ0n) is 16.4. The van der Waals surface area contributed by atoms with Gasteiger partial charge < -0.3 is 20.1 Å². The van der Waals surface area contributed by atoms with E-state index in [1.807, 2.05) is 19.9 Å². The molecule has 0 saturated heterocycles. The van der Waals surface area contributed by atoms with Crippen molar-refractivity contribution in [1.82, 2.24) is 10.2 Å². The lowest BCUT2D eigenvalue weighted by Gasteiger charge is -2.45. The van der Waals surface area contributed by atoms with Crippen molar-refractivity contribution in [3.8, 4) is 0 Å². The Hall–Kier alpha value is -2.25. The van der Waals surface area contributed by atoms with E-state index in [2.05, 4.69) is 11.9 Å². The number of aromatic carboxylic acids is 1. The van der Waals surface area contributed by atoms with Crippen LogP contribution in [0.1, 0.15) is 35.3 Å². The van der Waals surface area contributed by atoms with Gasteiger partial charge in [-0.15, -0.1) is 18.3 Å². The molecule has 1 unspecified atom stereocenters. The molecule has 1 aromatic rings. The molecule has 3 rings (SSSR count). The zero-order valence-corrected chi connectivity index (χ0v) is 17.3. The van der Waals surface area contributed by atoms with E-state index in [1.165, 1.54) is 0 Å². The number of thioether (sulfide) groups is 1. The Bertz CT molecular complexity index is 847. The van der Waals surface area contributed by atoms with Gasteiger partial charge in [-0.05, 0) is 24.1 Å². The number of carbonyl (C=O) groups excluding carboxylic acids is 1. The fourth-order valence-electron chi connectivity index (χ4n) is 3.84. The molecule has 150 valence electrons. The number of methoxy groups -OCH3 is 1. The second-order valence-electron chi connectivity index (χ2n) is 7.59. The van der Waals surface area contributed by atoms with Crippen molar-refractivity contribution in [1.29, 1.82) is 0 Å². The van der Waals surface area contributed by atoms with Crippen molar-refractivity contribution in [2.75, 3.05) is 26.0 Å². The van der Waals surface area contributed by atoms with E-state index in [0.29, 0.717) is 19.6 Å². The molecule has 7 heteroatoms. The highest BCUT2D eigenvalue weighted by molar-refractivity contribution is 7.99. The van der Waals surface area contributed by atoms with Gasteiger partial charge in [-0.3, -0.25) is 4.79 Å². The minimum Gasteiger partial charge on any atom is -0.478 e. The van der Waals surface area contributed by atoms with Crippen LogP contribution in [0.15, 0.2) is 36.4 Å². The van der Waals surface area contributed by atoms with Crippen LogP contribution in [0.2, 0.25) is 0 Å². The first-order chi connectivity index (χ1) is 13.3. The van der Waals surface area contributed by atoms with Crippen LogP contribution < -0.4 is 5.32 Å². The van der Waals surface area contributed by atoms with Gasteiger partial charge in [-0.2, -0.15) is 0 Å². The average molecular weight is 403 g/mol. The summed E-state index contributed by atoms with van der Waals surface area (Å²) in [4.78, 5) is 26.6. The summed E-state index contributed by atoms with van der Waals surface area (Å²) in [5.41, 5.74) is 3.02. The molecule has 2 aliphatic rings. The standard InChI is InChI=1S/C21H26N2O4S/c1-5-8-23-18(24)16-17(22-20(23)28-10-9-27-4)15-7-6-13(19(25)26)11-14(15)12-21(16,2)3/h5-7,11,20,22H,1,8-10,12H2,2-4H3,(H,25,26). The number of amides is 1. The number of nitrogens with zero attached hydrogens (tertiary/aromatic N) is 1.